The lowest BCUT2D eigenvalue weighted by molar-refractivity contribution is -0.125. The quantitative estimate of drug-likeness (QED) is 0.0451. The Balaban J connectivity index is 0.000000259. The van der Waals surface area contributed by atoms with E-state index in [0.29, 0.717) is 58.4 Å². The fourth-order valence-electron chi connectivity index (χ4n) is 7.02. The average molecular weight is 997 g/mol. The van der Waals surface area contributed by atoms with E-state index in [-0.39, 0.29) is 47.0 Å². The third kappa shape index (κ3) is 18.1. The number of amides is 2. The summed E-state index contributed by atoms with van der Waals surface area (Å²) < 4.78 is 11.4. The molecule has 364 valence electrons. The Morgan fingerprint density at radius 3 is 1.19 bits per heavy atom. The van der Waals surface area contributed by atoms with E-state index in [9.17, 15) is 19.2 Å². The fourth-order valence-corrected chi connectivity index (χ4v) is 11.8. The van der Waals surface area contributed by atoms with Crippen LogP contribution in [0.1, 0.15) is 99.7 Å². The molecule has 0 fully saturated rings. The number of nitrogens with one attached hydrogen (secondary N) is 2. The monoisotopic (exact) mass is 996 g/mol. The third-order valence-electron chi connectivity index (χ3n) is 10.6. The Hall–Kier alpha value is -4.50. The van der Waals surface area contributed by atoms with Crippen LogP contribution in [0.4, 0.5) is 0 Å². The van der Waals surface area contributed by atoms with Crippen molar-refractivity contribution in [2.45, 2.75) is 90.8 Å². The molecule has 0 radical (unpaired) electrons. The fraction of sp³-hybridized carbons (Fsp3) is 0.444. The number of para-hydroxylation sites is 4. The summed E-state index contributed by atoms with van der Waals surface area (Å²) in [4.78, 5) is 61.7. The van der Waals surface area contributed by atoms with Gasteiger partial charge in [-0.15, -0.1) is 0 Å². The van der Waals surface area contributed by atoms with E-state index in [1.807, 2.05) is 110 Å². The van der Waals surface area contributed by atoms with Gasteiger partial charge in [0.15, 0.2) is 11.2 Å². The summed E-state index contributed by atoms with van der Waals surface area (Å²) in [7, 11) is 0. The highest BCUT2D eigenvalue weighted by atomic mass is 32.2. The molecule has 68 heavy (non-hydrogen) atoms. The van der Waals surface area contributed by atoms with Gasteiger partial charge in [-0.1, -0.05) is 139 Å². The highest BCUT2D eigenvalue weighted by molar-refractivity contribution is 8.00. The number of benzene rings is 4. The molecular weight excluding hydrogens is 929 g/mol. The summed E-state index contributed by atoms with van der Waals surface area (Å²) in [6.07, 6.45) is 2.64. The van der Waals surface area contributed by atoms with Gasteiger partial charge in [0.1, 0.15) is 11.0 Å². The molecule has 0 saturated carbocycles. The van der Waals surface area contributed by atoms with Gasteiger partial charge < -0.3 is 19.5 Å². The Morgan fingerprint density at radius 2 is 0.838 bits per heavy atom. The van der Waals surface area contributed by atoms with Crippen LogP contribution >= 0.6 is 47.0 Å². The van der Waals surface area contributed by atoms with Gasteiger partial charge in [-0.25, -0.2) is 9.97 Å². The maximum Gasteiger partial charge on any atom is 0.266 e. The Morgan fingerprint density at radius 1 is 0.485 bits per heavy atom. The van der Waals surface area contributed by atoms with Crippen LogP contribution in [0, 0.1) is 23.7 Å². The molecule has 0 unspecified atom stereocenters. The van der Waals surface area contributed by atoms with Crippen molar-refractivity contribution >= 4 is 92.6 Å². The first-order valence-electron chi connectivity index (χ1n) is 23.7. The minimum Gasteiger partial charge on any atom is -0.434 e. The van der Waals surface area contributed by atoms with Crippen LogP contribution in [0.2, 0.25) is 0 Å². The Bertz CT molecular complexity index is 2320. The summed E-state index contributed by atoms with van der Waals surface area (Å²) in [5.74, 6) is 6.91. The summed E-state index contributed by atoms with van der Waals surface area (Å²) in [6, 6.07) is 33.9. The van der Waals surface area contributed by atoms with E-state index in [0.717, 1.165) is 47.4 Å². The molecule has 14 heteroatoms. The molecule has 2 N–H and O–H groups in total. The molecule has 4 aromatic carbocycles. The van der Waals surface area contributed by atoms with Crippen LogP contribution in [0.3, 0.4) is 0 Å². The van der Waals surface area contributed by atoms with Crippen molar-refractivity contribution in [3.8, 4) is 0 Å². The molecule has 10 nitrogen and oxygen atoms in total. The van der Waals surface area contributed by atoms with Crippen LogP contribution in [0.15, 0.2) is 118 Å². The van der Waals surface area contributed by atoms with Gasteiger partial charge in [-0.3, -0.25) is 19.2 Å². The van der Waals surface area contributed by atoms with Crippen molar-refractivity contribution in [3.63, 3.8) is 0 Å². The van der Waals surface area contributed by atoms with Crippen LogP contribution in [-0.4, -0.2) is 79.9 Å². The second kappa shape index (κ2) is 29.5. The zero-order valence-electron chi connectivity index (χ0n) is 40.3. The first kappa shape index (κ1) is 54.4. The van der Waals surface area contributed by atoms with Crippen molar-refractivity contribution in [3.05, 3.63) is 132 Å². The van der Waals surface area contributed by atoms with Gasteiger partial charge >= 0.3 is 0 Å². The van der Waals surface area contributed by atoms with Crippen molar-refractivity contribution in [1.82, 2.24) is 20.6 Å². The summed E-state index contributed by atoms with van der Waals surface area (Å²) >= 11 is 7.12. The largest absolute Gasteiger partial charge is 0.434 e. The molecule has 2 aromatic heterocycles. The number of thioether (sulfide) groups is 4. The van der Waals surface area contributed by atoms with Crippen molar-refractivity contribution < 1.29 is 28.0 Å². The minimum atomic E-state index is -0.661. The molecule has 2 heterocycles. The zero-order valence-corrected chi connectivity index (χ0v) is 43.6. The topological polar surface area (TPSA) is 144 Å². The first-order chi connectivity index (χ1) is 32.9. The number of Topliss-reactive ketones (excluding diaryl/α,β-unsaturated/α-hetero) is 2. The summed E-state index contributed by atoms with van der Waals surface area (Å²) in [5, 5.41) is 6.06. The predicted molar refractivity (Wildman–Crippen MR) is 287 cm³/mol. The van der Waals surface area contributed by atoms with E-state index in [4.69, 9.17) is 8.83 Å². The first-order valence-corrected chi connectivity index (χ1v) is 28.4. The number of carbonyl (C=O) groups is 4. The molecule has 6 aromatic rings. The molecule has 0 aliphatic rings. The van der Waals surface area contributed by atoms with E-state index in [1.165, 1.54) is 11.1 Å². The lowest BCUT2D eigenvalue weighted by atomic mass is 10.1. The number of nitrogens with zero attached hydrogens (tertiary/aromatic N) is 2. The average Bonchev–Trinajstić information content (AvgIpc) is 3.98. The number of rotatable bonds is 28. The van der Waals surface area contributed by atoms with E-state index in [2.05, 4.69) is 72.6 Å². The lowest BCUT2D eigenvalue weighted by Crippen LogP contribution is -2.45. The second-order valence-corrected chi connectivity index (χ2v) is 21.9. The van der Waals surface area contributed by atoms with Crippen LogP contribution in [0.25, 0.3) is 22.2 Å². The standard InChI is InChI=1S/C30H32N2O3S2.C24H36N2O3S2/c1-2-11-26(28(33)30-32-25-16-9-10-17-27(25)35-30)31-29(34)24(20-36-18-22-12-5-3-6-13-22)21-37-19-23-14-7-4-8-15-23;1-6-9-20(22(27)24-26-19-10-7-8-11-21(19)29-24)25-23(28)18(14-30-12-16(2)3)15-31-13-17(4)5/h3-10,12-17,24,26H,2,11,18-21H2,1H3,(H,31,34);7-8,10-11,16-18,20H,6,9,12-15H2,1-5H3,(H,25,28)/t26-;20-/m00/s1. The van der Waals surface area contributed by atoms with Crippen LogP contribution in [0.5, 0.6) is 0 Å². The van der Waals surface area contributed by atoms with Crippen molar-refractivity contribution in [2.24, 2.45) is 23.7 Å². The van der Waals surface area contributed by atoms with Gasteiger partial charge in [0.2, 0.25) is 23.4 Å². The maximum atomic E-state index is 13.5. The number of hydrogen-bond acceptors (Lipinski definition) is 12. The lowest BCUT2D eigenvalue weighted by Gasteiger charge is -2.21. The molecular formula is C54H68N4O6S4. The Kier molecular flexibility index (Phi) is 23.6. The van der Waals surface area contributed by atoms with Crippen LogP contribution in [-0.2, 0) is 21.1 Å². The van der Waals surface area contributed by atoms with Gasteiger partial charge in [0.25, 0.3) is 11.8 Å². The normalized spacial score (nSPS) is 12.4. The molecule has 6 rings (SSSR count). The highest BCUT2D eigenvalue weighted by Gasteiger charge is 2.30. The summed E-state index contributed by atoms with van der Waals surface area (Å²) in [6.45, 7) is 12.8. The number of carbonyl (C=O) groups excluding carboxylic acids is 4. The number of aromatic nitrogens is 2. The summed E-state index contributed by atoms with van der Waals surface area (Å²) in [5.41, 5.74) is 4.91. The third-order valence-corrected chi connectivity index (χ3v) is 16.0. The van der Waals surface area contributed by atoms with E-state index in [1.54, 1.807) is 35.7 Å². The zero-order chi connectivity index (χ0) is 48.7. The number of ketones is 2. The second-order valence-electron chi connectivity index (χ2n) is 17.7. The SMILES string of the molecule is CCC[C@H](NC(=O)C(CSCC(C)C)CSCC(C)C)C(=O)c1nc2ccccc2o1.CCC[C@H](NC(=O)C(CSCc1ccccc1)CSCc1ccccc1)C(=O)c1nc2ccccc2o1. The number of hydrogen-bond donors (Lipinski definition) is 2. The Labute approximate surface area is 419 Å². The number of oxazole rings is 2. The molecule has 0 aliphatic carbocycles. The number of fused-ring (bicyclic) bond motifs is 2. The van der Waals surface area contributed by atoms with Gasteiger partial charge in [0.05, 0.1) is 23.9 Å². The molecule has 0 saturated heterocycles. The van der Waals surface area contributed by atoms with Crippen molar-refractivity contribution in [2.75, 3.05) is 34.5 Å². The molecule has 0 spiro atoms. The molecule has 2 amide bonds. The van der Waals surface area contributed by atoms with E-state index >= 15 is 0 Å². The predicted octanol–water partition coefficient (Wildman–Crippen LogP) is 12.5. The minimum absolute atomic E-state index is 0.0459. The molecule has 0 aliphatic heterocycles. The highest BCUT2D eigenvalue weighted by Crippen LogP contribution is 2.24. The molecule has 0 bridgehead atoms. The molecule has 2 atom stereocenters. The van der Waals surface area contributed by atoms with Gasteiger partial charge in [-0.05, 0) is 71.6 Å². The van der Waals surface area contributed by atoms with Crippen LogP contribution < -0.4 is 10.6 Å². The van der Waals surface area contributed by atoms with Gasteiger partial charge in [0, 0.05) is 34.5 Å². The van der Waals surface area contributed by atoms with Crippen molar-refractivity contribution in [1.29, 1.82) is 0 Å². The smallest absolute Gasteiger partial charge is 0.266 e. The van der Waals surface area contributed by atoms with E-state index < -0.39 is 12.1 Å². The van der Waals surface area contributed by atoms with Gasteiger partial charge in [-0.2, -0.15) is 47.0 Å². The maximum absolute atomic E-state index is 13.5.